The van der Waals surface area contributed by atoms with E-state index >= 15 is 0 Å². The van der Waals surface area contributed by atoms with Crippen molar-refractivity contribution >= 4 is 22.7 Å². The highest BCUT2D eigenvalue weighted by atomic mass is 16.6. The summed E-state index contributed by atoms with van der Waals surface area (Å²) in [5.74, 6) is 0. The quantitative estimate of drug-likeness (QED) is 0.688. The van der Waals surface area contributed by atoms with E-state index in [1.54, 1.807) is 6.07 Å². The number of nitro benzene ring substituents is 1. The molecule has 0 atom stereocenters. The van der Waals surface area contributed by atoms with E-state index in [-0.39, 0.29) is 10.6 Å². The van der Waals surface area contributed by atoms with Crippen LogP contribution in [0.2, 0.25) is 0 Å². The first-order valence-electron chi connectivity index (χ1n) is 8.75. The maximum atomic E-state index is 11.5. The lowest BCUT2D eigenvalue weighted by atomic mass is 10.1. The molecule has 2 aromatic carbocycles. The zero-order chi connectivity index (χ0) is 17.4. The SMILES string of the molecule is Cc1ccccc1N1CCN(c2c([N+](=O)[O-])ccc3c2CCN3)CC1. The van der Waals surface area contributed by atoms with E-state index in [0.717, 1.165) is 56.1 Å². The van der Waals surface area contributed by atoms with Crippen LogP contribution in [0.15, 0.2) is 36.4 Å². The van der Waals surface area contributed by atoms with Crippen LogP contribution in [0.4, 0.5) is 22.7 Å². The summed E-state index contributed by atoms with van der Waals surface area (Å²) in [6, 6.07) is 11.9. The first-order chi connectivity index (χ1) is 12.1. The highest BCUT2D eigenvalue weighted by Crippen LogP contribution is 2.40. The Hall–Kier alpha value is -2.76. The normalized spacial score (nSPS) is 16.5. The molecular weight excluding hydrogens is 316 g/mol. The van der Waals surface area contributed by atoms with Crippen molar-refractivity contribution in [1.29, 1.82) is 0 Å². The molecular formula is C19H22N4O2. The molecule has 0 aromatic heterocycles. The summed E-state index contributed by atoms with van der Waals surface area (Å²) in [5, 5.41) is 14.9. The molecule has 0 aliphatic carbocycles. The van der Waals surface area contributed by atoms with Gasteiger partial charge in [-0.3, -0.25) is 10.1 Å². The Morgan fingerprint density at radius 1 is 1.04 bits per heavy atom. The van der Waals surface area contributed by atoms with Gasteiger partial charge in [-0.2, -0.15) is 0 Å². The molecule has 2 aromatic rings. The molecule has 6 heteroatoms. The number of para-hydroxylation sites is 1. The smallest absolute Gasteiger partial charge is 0.292 e. The first kappa shape index (κ1) is 15.7. The fourth-order valence-electron chi connectivity index (χ4n) is 3.95. The molecule has 1 N–H and O–H groups in total. The van der Waals surface area contributed by atoms with Gasteiger partial charge >= 0.3 is 0 Å². The van der Waals surface area contributed by atoms with Crippen LogP contribution in [-0.2, 0) is 6.42 Å². The lowest BCUT2D eigenvalue weighted by Gasteiger charge is -2.38. The second-order valence-electron chi connectivity index (χ2n) is 6.65. The fourth-order valence-corrected chi connectivity index (χ4v) is 3.95. The van der Waals surface area contributed by atoms with Crippen molar-refractivity contribution in [2.45, 2.75) is 13.3 Å². The zero-order valence-electron chi connectivity index (χ0n) is 14.4. The third-order valence-corrected chi connectivity index (χ3v) is 5.20. The highest BCUT2D eigenvalue weighted by Gasteiger charge is 2.30. The number of fused-ring (bicyclic) bond motifs is 1. The Morgan fingerprint density at radius 2 is 1.76 bits per heavy atom. The topological polar surface area (TPSA) is 61.7 Å². The Kier molecular flexibility index (Phi) is 3.95. The summed E-state index contributed by atoms with van der Waals surface area (Å²) in [6.45, 7) is 6.32. The minimum Gasteiger partial charge on any atom is -0.384 e. The Balaban J connectivity index is 1.60. The van der Waals surface area contributed by atoms with E-state index in [4.69, 9.17) is 0 Å². The zero-order valence-corrected chi connectivity index (χ0v) is 14.4. The van der Waals surface area contributed by atoms with Gasteiger partial charge in [0, 0.05) is 55.7 Å². The molecule has 2 aliphatic heterocycles. The van der Waals surface area contributed by atoms with Gasteiger partial charge in [0.05, 0.1) is 4.92 Å². The second kappa shape index (κ2) is 6.27. The summed E-state index contributed by atoms with van der Waals surface area (Å²) >= 11 is 0. The summed E-state index contributed by atoms with van der Waals surface area (Å²) in [7, 11) is 0. The number of rotatable bonds is 3. The van der Waals surface area contributed by atoms with Crippen molar-refractivity contribution in [3.05, 3.63) is 57.6 Å². The standard InChI is InChI=1S/C19H22N4O2/c1-14-4-2-3-5-17(14)21-10-12-22(13-11-21)19-15-8-9-20-16(15)6-7-18(19)23(24)25/h2-7,20H,8-13H2,1H3. The maximum absolute atomic E-state index is 11.5. The van der Waals surface area contributed by atoms with Crippen LogP contribution in [0, 0.1) is 17.0 Å². The molecule has 2 aliphatic rings. The van der Waals surface area contributed by atoms with Crippen LogP contribution < -0.4 is 15.1 Å². The lowest BCUT2D eigenvalue weighted by molar-refractivity contribution is -0.384. The molecule has 0 bridgehead atoms. The highest BCUT2D eigenvalue weighted by molar-refractivity contribution is 5.78. The number of nitrogens with one attached hydrogen (secondary N) is 1. The van der Waals surface area contributed by atoms with Crippen LogP contribution in [0.3, 0.4) is 0 Å². The Bertz CT molecular complexity index is 813. The predicted octanol–water partition coefficient (Wildman–Crippen LogP) is 3.20. The fraction of sp³-hybridized carbons (Fsp3) is 0.368. The van der Waals surface area contributed by atoms with Gasteiger partial charge in [-0.25, -0.2) is 0 Å². The van der Waals surface area contributed by atoms with E-state index in [2.05, 4.69) is 46.3 Å². The minimum absolute atomic E-state index is 0.229. The second-order valence-corrected chi connectivity index (χ2v) is 6.65. The molecule has 0 saturated carbocycles. The Morgan fingerprint density at radius 3 is 2.48 bits per heavy atom. The van der Waals surface area contributed by atoms with Crippen LogP contribution >= 0.6 is 0 Å². The van der Waals surface area contributed by atoms with Gasteiger partial charge in [0.15, 0.2) is 0 Å². The van der Waals surface area contributed by atoms with E-state index in [1.165, 1.54) is 11.3 Å². The number of nitrogens with zero attached hydrogens (tertiary/aromatic N) is 3. The van der Waals surface area contributed by atoms with Crippen molar-refractivity contribution < 1.29 is 4.92 Å². The molecule has 0 amide bonds. The van der Waals surface area contributed by atoms with Gasteiger partial charge in [-0.1, -0.05) is 18.2 Å². The molecule has 4 rings (SSSR count). The number of hydrogen-bond acceptors (Lipinski definition) is 5. The maximum Gasteiger partial charge on any atom is 0.292 e. The molecule has 1 saturated heterocycles. The third-order valence-electron chi connectivity index (χ3n) is 5.20. The number of anilines is 3. The van der Waals surface area contributed by atoms with Gasteiger partial charge in [0.1, 0.15) is 5.69 Å². The number of benzene rings is 2. The van der Waals surface area contributed by atoms with Gasteiger partial charge in [-0.05, 0) is 31.0 Å². The minimum atomic E-state index is -0.248. The average molecular weight is 338 g/mol. The summed E-state index contributed by atoms with van der Waals surface area (Å²) in [4.78, 5) is 15.9. The number of aryl methyl sites for hydroxylation is 1. The van der Waals surface area contributed by atoms with Crippen molar-refractivity contribution in [1.82, 2.24) is 0 Å². The van der Waals surface area contributed by atoms with Crippen LogP contribution in [0.5, 0.6) is 0 Å². The van der Waals surface area contributed by atoms with Crippen molar-refractivity contribution in [2.24, 2.45) is 0 Å². The molecule has 1 fully saturated rings. The van der Waals surface area contributed by atoms with Gasteiger partial charge in [0.25, 0.3) is 5.69 Å². The van der Waals surface area contributed by atoms with Crippen LogP contribution in [0.1, 0.15) is 11.1 Å². The largest absolute Gasteiger partial charge is 0.384 e. The van der Waals surface area contributed by atoms with E-state index in [9.17, 15) is 10.1 Å². The summed E-state index contributed by atoms with van der Waals surface area (Å²) in [6.07, 6.45) is 0.852. The summed E-state index contributed by atoms with van der Waals surface area (Å²) < 4.78 is 0. The average Bonchev–Trinajstić information content (AvgIpc) is 3.10. The molecule has 6 nitrogen and oxygen atoms in total. The molecule has 0 radical (unpaired) electrons. The Labute approximate surface area is 147 Å². The molecule has 25 heavy (non-hydrogen) atoms. The molecule has 0 spiro atoms. The number of piperazine rings is 1. The van der Waals surface area contributed by atoms with Crippen molar-refractivity contribution in [3.8, 4) is 0 Å². The van der Waals surface area contributed by atoms with Gasteiger partial charge in [-0.15, -0.1) is 0 Å². The van der Waals surface area contributed by atoms with Gasteiger partial charge < -0.3 is 15.1 Å². The molecule has 130 valence electrons. The molecule has 2 heterocycles. The third kappa shape index (κ3) is 2.77. The summed E-state index contributed by atoms with van der Waals surface area (Å²) in [5.41, 5.74) is 5.72. The number of nitro groups is 1. The van der Waals surface area contributed by atoms with E-state index in [1.807, 2.05) is 6.07 Å². The molecule has 0 unspecified atom stereocenters. The number of hydrogen-bond donors (Lipinski definition) is 1. The van der Waals surface area contributed by atoms with Gasteiger partial charge in [0.2, 0.25) is 0 Å². The van der Waals surface area contributed by atoms with E-state index < -0.39 is 0 Å². The van der Waals surface area contributed by atoms with E-state index in [0.29, 0.717) is 0 Å². The predicted molar refractivity (Wildman–Crippen MR) is 101 cm³/mol. The van der Waals surface area contributed by atoms with Crippen LogP contribution in [-0.4, -0.2) is 37.6 Å². The van der Waals surface area contributed by atoms with Crippen molar-refractivity contribution in [2.75, 3.05) is 47.8 Å². The monoisotopic (exact) mass is 338 g/mol. The lowest BCUT2D eigenvalue weighted by Crippen LogP contribution is -2.47. The van der Waals surface area contributed by atoms with Crippen LogP contribution in [0.25, 0.3) is 0 Å². The van der Waals surface area contributed by atoms with Crippen molar-refractivity contribution in [3.63, 3.8) is 0 Å². The first-order valence-corrected chi connectivity index (χ1v) is 8.75.